The van der Waals surface area contributed by atoms with Crippen LogP contribution in [0.2, 0.25) is 0 Å². The van der Waals surface area contributed by atoms with Crippen molar-refractivity contribution < 1.29 is 23.9 Å². The summed E-state index contributed by atoms with van der Waals surface area (Å²) in [4.78, 5) is 35.5. The van der Waals surface area contributed by atoms with Crippen LogP contribution in [-0.4, -0.2) is 41.8 Å². The summed E-state index contributed by atoms with van der Waals surface area (Å²) in [5, 5.41) is 10.7. The van der Waals surface area contributed by atoms with Crippen molar-refractivity contribution in [3.05, 3.63) is 33.8 Å². The van der Waals surface area contributed by atoms with E-state index in [0.717, 1.165) is 29.9 Å². The lowest BCUT2D eigenvalue weighted by Gasteiger charge is -2.06. The van der Waals surface area contributed by atoms with E-state index in [1.54, 1.807) is 17.5 Å². The van der Waals surface area contributed by atoms with Gasteiger partial charge in [0, 0.05) is 5.69 Å². The predicted molar refractivity (Wildman–Crippen MR) is 87.2 cm³/mol. The number of carbonyl (C=O) groups excluding carboxylic acids is 3. The van der Waals surface area contributed by atoms with E-state index in [-0.39, 0.29) is 10.6 Å². The zero-order valence-corrected chi connectivity index (χ0v) is 14.1. The van der Waals surface area contributed by atoms with E-state index < -0.39 is 24.5 Å². The van der Waals surface area contributed by atoms with Crippen LogP contribution < -0.4 is 5.32 Å². The van der Waals surface area contributed by atoms with E-state index in [9.17, 15) is 14.4 Å². The fourth-order valence-corrected chi connectivity index (χ4v) is 2.68. The lowest BCUT2D eigenvalue weighted by atomic mass is 10.2. The van der Waals surface area contributed by atoms with E-state index in [4.69, 9.17) is 4.74 Å². The summed E-state index contributed by atoms with van der Waals surface area (Å²) in [7, 11) is 1.26. The number of hydrogen-bond acceptors (Lipinski definition) is 7. The fourth-order valence-electron chi connectivity index (χ4n) is 1.91. The summed E-state index contributed by atoms with van der Waals surface area (Å²) in [5.74, 6) is -1.80. The third-order valence-corrected chi connectivity index (χ3v) is 3.90. The molecule has 24 heavy (non-hydrogen) atoms. The Kier molecular flexibility index (Phi) is 6.07. The predicted octanol–water partition coefficient (Wildman–Crippen LogP) is 2.01. The smallest absolute Gasteiger partial charge is 0.359 e. The number of methoxy groups -OCH3 is 1. The van der Waals surface area contributed by atoms with E-state index in [2.05, 4.69) is 20.3 Å². The molecule has 0 atom stereocenters. The molecule has 2 N–H and O–H groups in total. The van der Waals surface area contributed by atoms with Crippen molar-refractivity contribution in [2.45, 2.75) is 19.8 Å². The Balaban J connectivity index is 1.87. The van der Waals surface area contributed by atoms with Crippen LogP contribution in [-0.2, 0) is 20.7 Å². The number of nitrogens with zero attached hydrogens (tertiary/aromatic N) is 1. The van der Waals surface area contributed by atoms with Crippen LogP contribution in [0.15, 0.2) is 17.5 Å². The Labute approximate surface area is 142 Å². The molecule has 0 saturated heterocycles. The first kappa shape index (κ1) is 17.7. The Bertz CT molecular complexity index is 737. The highest BCUT2D eigenvalue weighted by Gasteiger charge is 2.17. The summed E-state index contributed by atoms with van der Waals surface area (Å²) in [6.45, 7) is 1.53. The minimum atomic E-state index is -0.692. The first-order valence-electron chi connectivity index (χ1n) is 7.22. The van der Waals surface area contributed by atoms with Gasteiger partial charge < -0.3 is 14.8 Å². The number of amides is 1. The Morgan fingerprint density at radius 2 is 2.12 bits per heavy atom. The SMILES string of the molecule is CCCc1cc(C(=O)OCC(=O)Nc2ccsc2C(=O)OC)n[nH]1. The normalized spacial score (nSPS) is 10.2. The number of hydrogen-bond donors (Lipinski definition) is 2. The molecule has 0 spiro atoms. The first-order chi connectivity index (χ1) is 11.5. The average Bonchev–Trinajstić information content (AvgIpc) is 3.22. The number of carbonyl (C=O) groups is 3. The first-order valence-corrected chi connectivity index (χ1v) is 8.10. The fraction of sp³-hybridized carbons (Fsp3) is 0.333. The average molecular weight is 351 g/mol. The van der Waals surface area contributed by atoms with Crippen LogP contribution >= 0.6 is 11.3 Å². The molecular formula is C15H17N3O5S. The number of aryl methyl sites for hydroxylation is 1. The second kappa shape index (κ2) is 8.25. The number of anilines is 1. The van der Waals surface area contributed by atoms with Gasteiger partial charge in [-0.2, -0.15) is 5.10 Å². The largest absolute Gasteiger partial charge is 0.465 e. The van der Waals surface area contributed by atoms with Crippen LogP contribution in [0.3, 0.4) is 0 Å². The summed E-state index contributed by atoms with van der Waals surface area (Å²) in [5.41, 5.74) is 1.27. The van der Waals surface area contributed by atoms with Crippen molar-refractivity contribution in [1.29, 1.82) is 0 Å². The van der Waals surface area contributed by atoms with E-state index in [1.807, 2.05) is 6.92 Å². The number of esters is 2. The Morgan fingerprint density at radius 1 is 1.33 bits per heavy atom. The van der Waals surface area contributed by atoms with Gasteiger partial charge in [-0.05, 0) is 23.9 Å². The van der Waals surface area contributed by atoms with Gasteiger partial charge in [-0.25, -0.2) is 9.59 Å². The Hall–Kier alpha value is -2.68. The van der Waals surface area contributed by atoms with Crippen LogP contribution in [0.5, 0.6) is 0 Å². The quantitative estimate of drug-likeness (QED) is 0.738. The van der Waals surface area contributed by atoms with Gasteiger partial charge in [-0.3, -0.25) is 9.89 Å². The zero-order valence-electron chi connectivity index (χ0n) is 13.3. The van der Waals surface area contributed by atoms with E-state index in [0.29, 0.717) is 5.69 Å². The number of thiophene rings is 1. The second-order valence-electron chi connectivity index (χ2n) is 4.81. The molecule has 0 fully saturated rings. The van der Waals surface area contributed by atoms with Crippen molar-refractivity contribution in [3.63, 3.8) is 0 Å². The molecule has 0 bridgehead atoms. The maximum atomic E-state index is 11.9. The maximum absolute atomic E-state index is 11.9. The molecule has 0 aromatic carbocycles. The minimum absolute atomic E-state index is 0.122. The number of nitrogens with one attached hydrogen (secondary N) is 2. The number of ether oxygens (including phenoxy) is 2. The maximum Gasteiger partial charge on any atom is 0.359 e. The third-order valence-electron chi connectivity index (χ3n) is 3.00. The molecule has 0 radical (unpaired) electrons. The molecule has 1 amide bonds. The number of aromatic nitrogens is 2. The van der Waals surface area contributed by atoms with Gasteiger partial charge in [0.25, 0.3) is 5.91 Å². The number of rotatable bonds is 7. The minimum Gasteiger partial charge on any atom is -0.465 e. The van der Waals surface area contributed by atoms with E-state index in [1.165, 1.54) is 7.11 Å². The van der Waals surface area contributed by atoms with E-state index >= 15 is 0 Å². The van der Waals surface area contributed by atoms with Crippen LogP contribution in [0.1, 0.15) is 39.2 Å². The van der Waals surface area contributed by atoms with Crippen molar-refractivity contribution in [2.75, 3.05) is 19.0 Å². The molecule has 0 aliphatic carbocycles. The molecule has 2 rings (SSSR count). The number of H-pyrrole nitrogens is 1. The van der Waals surface area contributed by atoms with Gasteiger partial charge in [0.05, 0.1) is 12.8 Å². The summed E-state index contributed by atoms with van der Waals surface area (Å²) in [6, 6.07) is 3.17. The number of aromatic amines is 1. The molecule has 2 heterocycles. The van der Waals surface area contributed by atoms with Crippen molar-refractivity contribution in [3.8, 4) is 0 Å². The second-order valence-corrected chi connectivity index (χ2v) is 5.72. The highest BCUT2D eigenvalue weighted by atomic mass is 32.1. The topological polar surface area (TPSA) is 110 Å². The lowest BCUT2D eigenvalue weighted by Crippen LogP contribution is -2.21. The third kappa shape index (κ3) is 4.42. The Morgan fingerprint density at radius 3 is 2.83 bits per heavy atom. The van der Waals surface area contributed by atoms with Crippen molar-refractivity contribution in [2.24, 2.45) is 0 Å². The summed E-state index contributed by atoms with van der Waals surface area (Å²) < 4.78 is 9.53. The van der Waals surface area contributed by atoms with Gasteiger partial charge >= 0.3 is 11.9 Å². The van der Waals surface area contributed by atoms with Gasteiger partial charge in [-0.1, -0.05) is 13.3 Å². The molecule has 2 aromatic heterocycles. The van der Waals surface area contributed by atoms with Gasteiger partial charge in [0.1, 0.15) is 4.88 Å². The molecular weight excluding hydrogens is 334 g/mol. The van der Waals surface area contributed by atoms with Crippen LogP contribution in [0.25, 0.3) is 0 Å². The monoisotopic (exact) mass is 351 g/mol. The standard InChI is InChI=1S/C15H17N3O5S/c1-3-4-9-7-11(18-17-9)14(20)23-8-12(19)16-10-5-6-24-13(10)15(21)22-2/h5-7H,3-4,8H2,1-2H3,(H,16,19)(H,17,18). The van der Waals surface area contributed by atoms with Crippen molar-refractivity contribution >= 4 is 34.9 Å². The van der Waals surface area contributed by atoms with Gasteiger partial charge in [-0.15, -0.1) is 11.3 Å². The molecule has 8 nitrogen and oxygen atoms in total. The van der Waals surface area contributed by atoms with Gasteiger partial charge in [0.15, 0.2) is 12.3 Å². The summed E-state index contributed by atoms with van der Waals surface area (Å²) in [6.07, 6.45) is 1.69. The van der Waals surface area contributed by atoms with Gasteiger partial charge in [0.2, 0.25) is 0 Å². The van der Waals surface area contributed by atoms with Crippen LogP contribution in [0.4, 0.5) is 5.69 Å². The van der Waals surface area contributed by atoms with Crippen molar-refractivity contribution in [1.82, 2.24) is 10.2 Å². The van der Waals surface area contributed by atoms with Crippen LogP contribution in [0, 0.1) is 0 Å². The zero-order chi connectivity index (χ0) is 17.5. The lowest BCUT2D eigenvalue weighted by molar-refractivity contribution is -0.119. The molecule has 9 heteroatoms. The molecule has 128 valence electrons. The highest BCUT2D eigenvalue weighted by molar-refractivity contribution is 7.12. The molecule has 0 unspecified atom stereocenters. The molecule has 0 aliphatic rings. The summed E-state index contributed by atoms with van der Waals surface area (Å²) >= 11 is 1.14. The molecule has 0 saturated carbocycles. The molecule has 2 aromatic rings. The molecule has 0 aliphatic heterocycles. The highest BCUT2D eigenvalue weighted by Crippen LogP contribution is 2.22.